The Morgan fingerprint density at radius 2 is 2.04 bits per heavy atom. The van der Waals surface area contributed by atoms with Crippen LogP contribution >= 0.6 is 0 Å². The van der Waals surface area contributed by atoms with Crippen LogP contribution in [0.15, 0.2) is 18.2 Å². The van der Waals surface area contributed by atoms with E-state index in [1.807, 2.05) is 0 Å². The Kier molecular flexibility index (Phi) is 4.82. The number of fused-ring (bicyclic) bond motifs is 3. The lowest BCUT2D eigenvalue weighted by molar-refractivity contribution is -0.122. The van der Waals surface area contributed by atoms with Crippen molar-refractivity contribution in [3.05, 3.63) is 35.0 Å². The summed E-state index contributed by atoms with van der Waals surface area (Å²) in [5, 5.41) is 4.67. The van der Waals surface area contributed by atoms with Gasteiger partial charge in [0, 0.05) is 35.5 Å². The molecule has 0 bridgehead atoms. The molecule has 2 N–H and O–H groups in total. The largest absolute Gasteiger partial charge is 0.358 e. The fraction of sp³-hybridized carbons (Fsp3) is 0.591. The van der Waals surface area contributed by atoms with Crippen molar-refractivity contribution in [2.24, 2.45) is 5.92 Å². The number of H-pyrrole nitrogens is 1. The molecule has 1 aromatic carbocycles. The normalized spacial score (nSPS) is 21.2. The van der Waals surface area contributed by atoms with Crippen molar-refractivity contribution < 1.29 is 4.79 Å². The van der Waals surface area contributed by atoms with E-state index >= 15 is 0 Å². The van der Waals surface area contributed by atoms with Crippen LogP contribution in [0.25, 0.3) is 10.9 Å². The van der Waals surface area contributed by atoms with Crippen LogP contribution in [0.3, 0.4) is 0 Å². The summed E-state index contributed by atoms with van der Waals surface area (Å²) in [6.45, 7) is 2.15. The Balaban J connectivity index is 1.34. The molecule has 1 atom stereocenters. The van der Waals surface area contributed by atoms with E-state index in [4.69, 9.17) is 0 Å². The number of amides is 1. The second kappa shape index (κ2) is 7.23. The third-order valence-corrected chi connectivity index (χ3v) is 6.21. The fourth-order valence-electron chi connectivity index (χ4n) is 4.78. The Morgan fingerprint density at radius 3 is 2.88 bits per heavy atom. The summed E-state index contributed by atoms with van der Waals surface area (Å²) in [6.07, 6.45) is 11.6. The predicted molar refractivity (Wildman–Crippen MR) is 103 cm³/mol. The number of nitrogens with one attached hydrogen (secondary N) is 2. The third-order valence-electron chi connectivity index (χ3n) is 6.21. The maximum atomic E-state index is 12.4. The molecule has 2 aliphatic carbocycles. The highest BCUT2D eigenvalue weighted by Gasteiger charge is 2.24. The summed E-state index contributed by atoms with van der Waals surface area (Å²) in [6, 6.07) is 6.92. The van der Waals surface area contributed by atoms with Gasteiger partial charge in [0.2, 0.25) is 5.91 Å². The van der Waals surface area contributed by atoms with Crippen LogP contribution in [-0.2, 0) is 17.6 Å². The van der Waals surface area contributed by atoms with E-state index in [0.29, 0.717) is 12.5 Å². The minimum absolute atomic E-state index is 0.256. The number of aromatic nitrogens is 1. The van der Waals surface area contributed by atoms with Gasteiger partial charge in [0.15, 0.2) is 0 Å². The van der Waals surface area contributed by atoms with Gasteiger partial charge in [-0.15, -0.1) is 0 Å². The van der Waals surface area contributed by atoms with E-state index in [1.54, 1.807) is 0 Å². The zero-order valence-corrected chi connectivity index (χ0v) is 15.4. The number of carbonyl (C=O) groups excluding carboxylic acids is 1. The molecule has 134 valence electrons. The highest BCUT2D eigenvalue weighted by Crippen LogP contribution is 2.30. The standard InChI is InChI=1S/C22H30N2O/c1-15-7-11-20-19(13-15)18-10-9-17(14-21(18)24-20)23-22(25)12-8-16-5-3-2-4-6-16/h7,11,13,16-17,24H,2-6,8-10,12,14H2,1H3,(H,23,25). The third kappa shape index (κ3) is 3.75. The maximum absolute atomic E-state index is 12.4. The molecule has 4 rings (SSSR count). The Hall–Kier alpha value is -1.77. The topological polar surface area (TPSA) is 44.9 Å². The van der Waals surface area contributed by atoms with Gasteiger partial charge in [0.05, 0.1) is 0 Å². The lowest BCUT2D eigenvalue weighted by Gasteiger charge is -2.25. The van der Waals surface area contributed by atoms with Gasteiger partial charge in [-0.1, -0.05) is 43.7 Å². The van der Waals surface area contributed by atoms with Gasteiger partial charge in [-0.2, -0.15) is 0 Å². The summed E-state index contributed by atoms with van der Waals surface area (Å²) in [7, 11) is 0. The van der Waals surface area contributed by atoms with Crippen LogP contribution in [0.4, 0.5) is 0 Å². The van der Waals surface area contributed by atoms with Gasteiger partial charge in [-0.05, 0) is 49.8 Å². The van der Waals surface area contributed by atoms with Crippen LogP contribution in [0.1, 0.15) is 68.2 Å². The number of benzene rings is 1. The van der Waals surface area contributed by atoms with Crippen LogP contribution in [0.5, 0.6) is 0 Å². The smallest absolute Gasteiger partial charge is 0.220 e. The molecule has 1 heterocycles. The van der Waals surface area contributed by atoms with Crippen molar-refractivity contribution in [1.29, 1.82) is 0 Å². The van der Waals surface area contributed by atoms with E-state index in [9.17, 15) is 4.79 Å². The number of carbonyl (C=O) groups is 1. The minimum Gasteiger partial charge on any atom is -0.358 e. The van der Waals surface area contributed by atoms with Crippen molar-refractivity contribution in [2.75, 3.05) is 0 Å². The van der Waals surface area contributed by atoms with Crippen LogP contribution in [0, 0.1) is 12.8 Å². The van der Waals surface area contributed by atoms with E-state index in [2.05, 4.69) is 35.4 Å². The average Bonchev–Trinajstić information content (AvgIpc) is 2.98. The number of rotatable bonds is 4. The zero-order valence-electron chi connectivity index (χ0n) is 15.4. The van der Waals surface area contributed by atoms with E-state index < -0.39 is 0 Å². The number of hydrogen-bond acceptors (Lipinski definition) is 1. The SMILES string of the molecule is Cc1ccc2[nH]c3c(c2c1)CCC(NC(=O)CCC1CCCCC1)C3. The summed E-state index contributed by atoms with van der Waals surface area (Å²) in [5.74, 6) is 1.04. The van der Waals surface area contributed by atoms with Crippen LogP contribution in [-0.4, -0.2) is 16.9 Å². The maximum Gasteiger partial charge on any atom is 0.220 e. The van der Waals surface area contributed by atoms with Gasteiger partial charge in [-0.25, -0.2) is 0 Å². The van der Waals surface area contributed by atoms with E-state index in [-0.39, 0.29) is 5.91 Å². The molecule has 1 amide bonds. The lowest BCUT2D eigenvalue weighted by Crippen LogP contribution is -2.38. The summed E-state index contributed by atoms with van der Waals surface area (Å²) >= 11 is 0. The molecule has 25 heavy (non-hydrogen) atoms. The molecule has 0 radical (unpaired) electrons. The first-order chi connectivity index (χ1) is 12.2. The lowest BCUT2D eigenvalue weighted by atomic mass is 9.86. The highest BCUT2D eigenvalue weighted by molar-refractivity contribution is 5.85. The fourth-order valence-corrected chi connectivity index (χ4v) is 4.78. The average molecular weight is 338 g/mol. The molecule has 3 heteroatoms. The van der Waals surface area contributed by atoms with Gasteiger partial charge in [-0.3, -0.25) is 4.79 Å². The Labute approximate surface area is 150 Å². The molecular weight excluding hydrogens is 308 g/mol. The van der Waals surface area contributed by atoms with E-state index in [0.717, 1.165) is 31.6 Å². The minimum atomic E-state index is 0.256. The van der Waals surface area contributed by atoms with Crippen molar-refractivity contribution >= 4 is 16.8 Å². The van der Waals surface area contributed by atoms with Crippen molar-refractivity contribution in [3.8, 4) is 0 Å². The first-order valence-electron chi connectivity index (χ1n) is 10.1. The van der Waals surface area contributed by atoms with Gasteiger partial charge >= 0.3 is 0 Å². The molecule has 1 unspecified atom stereocenters. The molecule has 0 saturated heterocycles. The Morgan fingerprint density at radius 1 is 1.20 bits per heavy atom. The van der Waals surface area contributed by atoms with Crippen LogP contribution < -0.4 is 5.32 Å². The molecule has 1 fully saturated rings. The van der Waals surface area contributed by atoms with Gasteiger partial charge < -0.3 is 10.3 Å². The molecular formula is C22H30N2O. The van der Waals surface area contributed by atoms with Crippen molar-refractivity contribution in [3.63, 3.8) is 0 Å². The van der Waals surface area contributed by atoms with E-state index in [1.165, 1.54) is 59.8 Å². The molecule has 3 nitrogen and oxygen atoms in total. The zero-order chi connectivity index (χ0) is 17.2. The summed E-state index contributed by atoms with van der Waals surface area (Å²) < 4.78 is 0. The van der Waals surface area contributed by atoms with Crippen molar-refractivity contribution in [1.82, 2.24) is 10.3 Å². The van der Waals surface area contributed by atoms with Gasteiger partial charge in [0.1, 0.15) is 0 Å². The summed E-state index contributed by atoms with van der Waals surface area (Å²) in [5.41, 5.74) is 5.34. The molecule has 2 aromatic rings. The summed E-state index contributed by atoms with van der Waals surface area (Å²) in [4.78, 5) is 15.9. The van der Waals surface area contributed by atoms with Crippen LogP contribution in [0.2, 0.25) is 0 Å². The second-order valence-corrected chi connectivity index (χ2v) is 8.18. The monoisotopic (exact) mass is 338 g/mol. The molecule has 0 aliphatic heterocycles. The van der Waals surface area contributed by atoms with Gasteiger partial charge in [0.25, 0.3) is 0 Å². The first-order valence-corrected chi connectivity index (χ1v) is 10.1. The number of aromatic amines is 1. The molecule has 0 spiro atoms. The molecule has 1 aromatic heterocycles. The number of aryl methyl sites for hydroxylation is 2. The Bertz CT molecular complexity index is 755. The molecule has 1 saturated carbocycles. The molecule has 2 aliphatic rings. The first kappa shape index (κ1) is 16.7. The number of hydrogen-bond donors (Lipinski definition) is 2. The highest BCUT2D eigenvalue weighted by atomic mass is 16.1. The predicted octanol–water partition coefficient (Wildman–Crippen LogP) is 4.81. The second-order valence-electron chi connectivity index (χ2n) is 8.18. The van der Waals surface area contributed by atoms with Crippen molar-refractivity contribution in [2.45, 2.75) is 77.2 Å². The quantitative estimate of drug-likeness (QED) is 0.825.